The summed E-state index contributed by atoms with van der Waals surface area (Å²) in [5.74, 6) is -1.58. The van der Waals surface area contributed by atoms with E-state index in [1.54, 1.807) is 65.0 Å². The number of methoxy groups -OCH3 is 1. The van der Waals surface area contributed by atoms with E-state index in [-0.39, 0.29) is 24.8 Å². The first-order chi connectivity index (χ1) is 14.9. The number of nitrogens with zero attached hydrogens (tertiary/aromatic N) is 1. The molecule has 1 aromatic rings. The molecule has 1 heterocycles. The van der Waals surface area contributed by atoms with Crippen LogP contribution in [-0.2, 0) is 19.1 Å². The van der Waals surface area contributed by atoms with Crippen molar-refractivity contribution in [3.05, 3.63) is 35.9 Å². The summed E-state index contributed by atoms with van der Waals surface area (Å²) < 4.78 is 10.1. The fourth-order valence-corrected chi connectivity index (χ4v) is 3.51. The predicted octanol–water partition coefficient (Wildman–Crippen LogP) is 2.11. The zero-order valence-electron chi connectivity index (χ0n) is 19.5. The van der Waals surface area contributed by atoms with E-state index in [9.17, 15) is 19.2 Å². The number of benzene rings is 1. The van der Waals surface area contributed by atoms with Gasteiger partial charge in [-0.2, -0.15) is 0 Å². The third-order valence-electron chi connectivity index (χ3n) is 5.03. The predicted molar refractivity (Wildman–Crippen MR) is 118 cm³/mol. The van der Waals surface area contributed by atoms with Gasteiger partial charge >= 0.3 is 12.1 Å². The number of carbonyl (C=O) groups is 4. The number of esters is 1. The number of rotatable bonds is 6. The van der Waals surface area contributed by atoms with Crippen LogP contribution in [0.15, 0.2) is 30.3 Å². The topological polar surface area (TPSA) is 114 Å². The van der Waals surface area contributed by atoms with E-state index in [2.05, 4.69) is 10.6 Å². The van der Waals surface area contributed by atoms with Crippen LogP contribution in [0.4, 0.5) is 4.79 Å². The van der Waals surface area contributed by atoms with Crippen LogP contribution in [0.2, 0.25) is 0 Å². The summed E-state index contributed by atoms with van der Waals surface area (Å²) in [5, 5.41) is 5.45. The maximum absolute atomic E-state index is 13.1. The number of hydrogen-bond donors (Lipinski definition) is 2. The molecule has 1 aliphatic rings. The summed E-state index contributed by atoms with van der Waals surface area (Å²) in [6.07, 6.45) is -0.430. The molecule has 0 radical (unpaired) electrons. The van der Waals surface area contributed by atoms with Crippen molar-refractivity contribution in [2.24, 2.45) is 5.92 Å². The van der Waals surface area contributed by atoms with Crippen molar-refractivity contribution in [1.82, 2.24) is 15.5 Å². The van der Waals surface area contributed by atoms with Crippen LogP contribution in [0.3, 0.4) is 0 Å². The Bertz CT molecular complexity index is 834. The first kappa shape index (κ1) is 25.2. The van der Waals surface area contributed by atoms with Crippen molar-refractivity contribution in [1.29, 1.82) is 0 Å². The molecule has 1 fully saturated rings. The zero-order chi connectivity index (χ0) is 24.1. The van der Waals surface area contributed by atoms with Gasteiger partial charge in [0.1, 0.15) is 17.7 Å². The van der Waals surface area contributed by atoms with Gasteiger partial charge < -0.3 is 25.0 Å². The lowest BCUT2D eigenvalue weighted by molar-refractivity contribution is -0.146. The Morgan fingerprint density at radius 1 is 1.09 bits per heavy atom. The molecule has 176 valence electrons. The molecule has 9 nitrogen and oxygen atoms in total. The first-order valence-electron chi connectivity index (χ1n) is 10.7. The van der Waals surface area contributed by atoms with Gasteiger partial charge in [-0.3, -0.25) is 9.59 Å². The molecule has 32 heavy (non-hydrogen) atoms. The van der Waals surface area contributed by atoms with Gasteiger partial charge in [-0.15, -0.1) is 0 Å². The molecule has 2 rings (SSSR count). The average Bonchev–Trinajstić information content (AvgIpc) is 3.13. The van der Waals surface area contributed by atoms with Crippen LogP contribution in [0, 0.1) is 5.92 Å². The van der Waals surface area contributed by atoms with E-state index < -0.39 is 41.7 Å². The average molecular weight is 448 g/mol. The van der Waals surface area contributed by atoms with E-state index in [1.165, 1.54) is 12.0 Å². The summed E-state index contributed by atoms with van der Waals surface area (Å²) in [7, 11) is 1.26. The van der Waals surface area contributed by atoms with Gasteiger partial charge in [-0.25, -0.2) is 9.59 Å². The van der Waals surface area contributed by atoms with Crippen molar-refractivity contribution in [3.63, 3.8) is 0 Å². The smallest absolute Gasteiger partial charge is 0.407 e. The highest BCUT2D eigenvalue weighted by atomic mass is 16.6. The third-order valence-corrected chi connectivity index (χ3v) is 5.03. The summed E-state index contributed by atoms with van der Waals surface area (Å²) >= 11 is 0. The molecule has 9 heteroatoms. The molecular formula is C23H33N3O6. The summed E-state index contributed by atoms with van der Waals surface area (Å²) in [6.45, 7) is 8.97. The van der Waals surface area contributed by atoms with E-state index in [1.807, 2.05) is 0 Å². The molecular weight excluding hydrogens is 414 g/mol. The van der Waals surface area contributed by atoms with Crippen molar-refractivity contribution in [2.75, 3.05) is 13.7 Å². The highest BCUT2D eigenvalue weighted by Crippen LogP contribution is 2.22. The number of nitrogens with one attached hydrogen (secondary N) is 2. The maximum Gasteiger partial charge on any atom is 0.407 e. The first-order valence-corrected chi connectivity index (χ1v) is 10.7. The lowest BCUT2D eigenvalue weighted by Crippen LogP contribution is -2.52. The zero-order valence-corrected chi connectivity index (χ0v) is 19.5. The Morgan fingerprint density at radius 2 is 1.72 bits per heavy atom. The van der Waals surface area contributed by atoms with Crippen LogP contribution >= 0.6 is 0 Å². The molecule has 1 saturated heterocycles. The molecule has 3 atom stereocenters. The number of ether oxygens (including phenoxy) is 2. The maximum atomic E-state index is 13.1. The molecule has 1 aromatic carbocycles. The highest BCUT2D eigenvalue weighted by Gasteiger charge is 2.42. The number of likely N-dealkylation sites (tertiary alicyclic amines) is 1. The Morgan fingerprint density at radius 3 is 2.25 bits per heavy atom. The molecule has 0 spiro atoms. The lowest BCUT2D eigenvalue weighted by Gasteiger charge is -2.27. The Kier molecular flexibility index (Phi) is 8.24. The molecule has 0 bridgehead atoms. The van der Waals surface area contributed by atoms with Gasteiger partial charge in [0.05, 0.1) is 13.2 Å². The van der Waals surface area contributed by atoms with Crippen LogP contribution in [-0.4, -0.2) is 66.2 Å². The molecule has 0 aliphatic carbocycles. The number of alkyl carbamates (subject to hydrolysis) is 1. The van der Waals surface area contributed by atoms with Crippen LogP contribution < -0.4 is 10.6 Å². The minimum atomic E-state index is -0.867. The van der Waals surface area contributed by atoms with E-state index in [0.29, 0.717) is 5.56 Å². The van der Waals surface area contributed by atoms with Gasteiger partial charge in [0.15, 0.2) is 0 Å². The Hall–Kier alpha value is -3.10. The summed E-state index contributed by atoms with van der Waals surface area (Å²) in [5.41, 5.74) is -0.249. The van der Waals surface area contributed by atoms with Gasteiger partial charge in [-0.05, 0) is 45.2 Å². The molecule has 3 amide bonds. The second-order valence-corrected chi connectivity index (χ2v) is 9.17. The molecule has 2 N–H and O–H groups in total. The van der Waals surface area contributed by atoms with Crippen molar-refractivity contribution in [3.8, 4) is 0 Å². The van der Waals surface area contributed by atoms with Gasteiger partial charge in [-0.1, -0.05) is 32.0 Å². The SMILES string of the molecule is COC(=O)[C@@H](NC(=O)[C@@H]1C[C@H](NC(=O)OC(C)(C)C)CN1C(=O)c1ccccc1)C(C)C. The van der Waals surface area contributed by atoms with Crippen LogP contribution in [0.25, 0.3) is 0 Å². The van der Waals surface area contributed by atoms with Gasteiger partial charge in [0.25, 0.3) is 5.91 Å². The molecule has 0 aromatic heterocycles. The fraction of sp³-hybridized carbons (Fsp3) is 0.565. The number of hydrogen-bond acceptors (Lipinski definition) is 6. The fourth-order valence-electron chi connectivity index (χ4n) is 3.51. The van der Waals surface area contributed by atoms with E-state index in [4.69, 9.17) is 9.47 Å². The highest BCUT2D eigenvalue weighted by molar-refractivity contribution is 5.98. The summed E-state index contributed by atoms with van der Waals surface area (Å²) in [6, 6.07) is 6.40. The minimum absolute atomic E-state index is 0.135. The van der Waals surface area contributed by atoms with Gasteiger partial charge in [0.2, 0.25) is 5.91 Å². The standard InChI is InChI=1S/C23H33N3O6/c1-14(2)18(21(29)31-6)25-19(27)17-12-16(24-22(30)32-23(3,4)5)13-26(17)20(28)15-10-8-7-9-11-15/h7-11,14,16-18H,12-13H2,1-6H3,(H,24,30)(H,25,27)/t16-,17-,18-/m0/s1. The lowest BCUT2D eigenvalue weighted by atomic mass is 10.0. The van der Waals surface area contributed by atoms with Crippen molar-refractivity contribution < 1.29 is 28.7 Å². The normalized spacial score (nSPS) is 19.3. The third kappa shape index (κ3) is 6.70. The summed E-state index contributed by atoms with van der Waals surface area (Å²) in [4.78, 5) is 52.0. The largest absolute Gasteiger partial charge is 0.467 e. The van der Waals surface area contributed by atoms with E-state index >= 15 is 0 Å². The number of carbonyl (C=O) groups excluding carboxylic acids is 4. The quantitative estimate of drug-likeness (QED) is 0.646. The minimum Gasteiger partial charge on any atom is -0.467 e. The van der Waals surface area contributed by atoms with Gasteiger partial charge in [0, 0.05) is 12.1 Å². The van der Waals surface area contributed by atoms with Crippen LogP contribution in [0.1, 0.15) is 51.4 Å². The van der Waals surface area contributed by atoms with Crippen molar-refractivity contribution >= 4 is 23.9 Å². The Balaban J connectivity index is 2.23. The monoisotopic (exact) mass is 447 g/mol. The Labute approximate surface area is 188 Å². The van der Waals surface area contributed by atoms with Crippen molar-refractivity contribution in [2.45, 2.75) is 64.8 Å². The molecule has 1 aliphatic heterocycles. The van der Waals surface area contributed by atoms with E-state index in [0.717, 1.165) is 0 Å². The molecule has 0 unspecified atom stereocenters. The number of amides is 3. The second kappa shape index (κ2) is 10.5. The molecule has 0 saturated carbocycles. The van der Waals surface area contributed by atoms with Crippen LogP contribution in [0.5, 0.6) is 0 Å². The second-order valence-electron chi connectivity index (χ2n) is 9.17.